The predicted molar refractivity (Wildman–Crippen MR) is 140 cm³/mol. The average Bonchev–Trinajstić information content (AvgIpc) is 3.49. The van der Waals surface area contributed by atoms with Crippen molar-refractivity contribution in [2.45, 2.75) is 26.0 Å². The molecule has 5 aromatic rings. The summed E-state index contributed by atoms with van der Waals surface area (Å²) in [5.74, 6) is 0.0498. The molecule has 2 atom stereocenters. The van der Waals surface area contributed by atoms with Gasteiger partial charge in [0.2, 0.25) is 0 Å². The van der Waals surface area contributed by atoms with Crippen LogP contribution in [0.15, 0.2) is 79.1 Å². The number of benzene rings is 3. The maximum Gasteiger partial charge on any atom is 0.280 e. The highest BCUT2D eigenvalue weighted by molar-refractivity contribution is 7.13. The number of rotatable bonds is 7. The summed E-state index contributed by atoms with van der Waals surface area (Å²) in [6.45, 7) is 3.79. The number of aromatic nitrogens is 3. The third kappa shape index (κ3) is 5.10. The molecular formula is C27H22ClFN4O2S. The Kier molecular flexibility index (Phi) is 6.71. The van der Waals surface area contributed by atoms with Gasteiger partial charge in [-0.05, 0) is 74.0 Å². The van der Waals surface area contributed by atoms with Crippen molar-refractivity contribution < 1.29 is 13.9 Å². The summed E-state index contributed by atoms with van der Waals surface area (Å²) in [5, 5.41) is 9.30. The Morgan fingerprint density at radius 3 is 2.64 bits per heavy atom. The predicted octanol–water partition coefficient (Wildman–Crippen LogP) is 6.52. The zero-order chi connectivity index (χ0) is 25.2. The molecule has 0 aliphatic heterocycles. The van der Waals surface area contributed by atoms with Gasteiger partial charge in [-0.15, -0.1) is 11.3 Å². The molecular weight excluding hydrogens is 499 g/mol. The second-order valence-corrected chi connectivity index (χ2v) is 10.1. The first-order valence-electron chi connectivity index (χ1n) is 11.3. The van der Waals surface area contributed by atoms with Gasteiger partial charge in [-0.3, -0.25) is 4.79 Å². The van der Waals surface area contributed by atoms with Crippen LogP contribution in [-0.4, -0.2) is 26.7 Å². The first-order valence-corrected chi connectivity index (χ1v) is 12.5. The lowest BCUT2D eigenvalue weighted by Gasteiger charge is -2.26. The van der Waals surface area contributed by atoms with Crippen molar-refractivity contribution in [3.63, 3.8) is 0 Å². The van der Waals surface area contributed by atoms with Crippen molar-refractivity contribution in [1.29, 1.82) is 0 Å². The Labute approximate surface area is 216 Å². The smallest absolute Gasteiger partial charge is 0.280 e. The topological polar surface area (TPSA) is 69.0 Å². The second kappa shape index (κ2) is 10.1. The number of nitrogens with one attached hydrogen (secondary N) is 1. The molecule has 0 saturated carbocycles. The van der Waals surface area contributed by atoms with Gasteiger partial charge in [-0.2, -0.15) is 5.10 Å². The van der Waals surface area contributed by atoms with Gasteiger partial charge < -0.3 is 10.1 Å². The van der Waals surface area contributed by atoms with E-state index >= 15 is 0 Å². The van der Waals surface area contributed by atoms with Crippen LogP contribution in [0.4, 0.5) is 4.39 Å². The number of halogens is 2. The number of carbonyl (C=O) groups excluding carboxylic acids is 1. The molecule has 2 heterocycles. The maximum atomic E-state index is 13.3. The van der Waals surface area contributed by atoms with E-state index in [2.05, 4.69) is 15.4 Å². The standard InChI is InChI=1S/C27H22ClFN4O2S/c1-16-14-30-27(36-16)26(34)32-17(2)25(18-4-3-5-20(28)12-18)35-23-10-11-24-19(13-23)15-31-33(24)22-8-6-21(29)7-9-22/h3-15,17,25H,1-2H3,(H,32,34). The SMILES string of the molecule is Cc1cnc(C(=O)NC(C)C(Oc2ccc3c(cnn3-c3ccc(F)cc3)c2)c2cccc(Cl)c2)s1. The van der Waals surface area contributed by atoms with Gasteiger partial charge in [0, 0.05) is 21.5 Å². The van der Waals surface area contributed by atoms with Gasteiger partial charge in [0.1, 0.15) is 17.7 Å². The molecule has 0 fully saturated rings. The van der Waals surface area contributed by atoms with Gasteiger partial charge in [0.15, 0.2) is 5.01 Å². The Morgan fingerprint density at radius 2 is 1.92 bits per heavy atom. The third-order valence-corrected chi connectivity index (χ3v) is 6.83. The van der Waals surface area contributed by atoms with Crippen LogP contribution in [0, 0.1) is 12.7 Å². The molecule has 9 heteroatoms. The van der Waals surface area contributed by atoms with Crippen LogP contribution >= 0.6 is 22.9 Å². The van der Waals surface area contributed by atoms with Crippen molar-refractivity contribution in [3.05, 3.63) is 105 Å². The summed E-state index contributed by atoms with van der Waals surface area (Å²) >= 11 is 7.60. The Hall–Kier alpha value is -3.75. The van der Waals surface area contributed by atoms with Gasteiger partial charge in [-0.1, -0.05) is 23.7 Å². The highest BCUT2D eigenvalue weighted by Gasteiger charge is 2.25. The fourth-order valence-corrected chi connectivity index (χ4v) is 4.83. The molecule has 3 aromatic carbocycles. The van der Waals surface area contributed by atoms with E-state index in [-0.39, 0.29) is 11.7 Å². The number of thiazole rings is 1. The van der Waals surface area contributed by atoms with Crippen molar-refractivity contribution >= 4 is 39.7 Å². The highest BCUT2D eigenvalue weighted by atomic mass is 35.5. The molecule has 5 rings (SSSR count). The monoisotopic (exact) mass is 520 g/mol. The zero-order valence-electron chi connectivity index (χ0n) is 19.5. The van der Waals surface area contributed by atoms with Crippen molar-refractivity contribution in [2.75, 3.05) is 0 Å². The molecule has 0 aliphatic carbocycles. The Bertz CT molecular complexity index is 1530. The summed E-state index contributed by atoms with van der Waals surface area (Å²) in [6.07, 6.45) is 2.89. The van der Waals surface area contributed by atoms with Crippen LogP contribution in [0.25, 0.3) is 16.6 Å². The molecule has 0 aliphatic rings. The minimum absolute atomic E-state index is 0.257. The number of ether oxygens (including phenoxy) is 1. The van der Waals surface area contributed by atoms with Gasteiger partial charge in [0.05, 0.1) is 23.4 Å². The van der Waals surface area contributed by atoms with E-state index in [1.54, 1.807) is 35.3 Å². The Morgan fingerprint density at radius 1 is 1.11 bits per heavy atom. The number of aryl methyl sites for hydroxylation is 1. The molecule has 36 heavy (non-hydrogen) atoms. The summed E-state index contributed by atoms with van der Waals surface area (Å²) in [5.41, 5.74) is 2.44. The van der Waals surface area contributed by atoms with E-state index < -0.39 is 12.1 Å². The second-order valence-electron chi connectivity index (χ2n) is 8.39. The third-order valence-electron chi connectivity index (χ3n) is 5.68. The molecule has 182 valence electrons. The van der Waals surface area contributed by atoms with Gasteiger partial charge >= 0.3 is 0 Å². The van der Waals surface area contributed by atoms with Gasteiger partial charge in [0.25, 0.3) is 5.91 Å². The minimum atomic E-state index is -0.515. The van der Waals surface area contributed by atoms with Crippen molar-refractivity contribution in [2.24, 2.45) is 0 Å². The molecule has 0 spiro atoms. The number of hydrogen-bond acceptors (Lipinski definition) is 5. The molecule has 2 aromatic heterocycles. The zero-order valence-corrected chi connectivity index (χ0v) is 21.1. The normalized spacial score (nSPS) is 12.9. The summed E-state index contributed by atoms with van der Waals surface area (Å²) in [7, 11) is 0. The first kappa shape index (κ1) is 24.0. The number of carbonyl (C=O) groups is 1. The molecule has 0 radical (unpaired) electrons. The fourth-order valence-electron chi connectivity index (χ4n) is 3.97. The lowest BCUT2D eigenvalue weighted by Crippen LogP contribution is -2.39. The quantitative estimate of drug-likeness (QED) is 0.265. The minimum Gasteiger partial charge on any atom is -0.484 e. The number of amides is 1. The molecule has 1 N–H and O–H groups in total. The summed E-state index contributed by atoms with van der Waals surface area (Å²) in [4.78, 5) is 17.9. The average molecular weight is 521 g/mol. The number of nitrogens with zero attached hydrogens (tertiary/aromatic N) is 3. The molecule has 2 unspecified atom stereocenters. The molecule has 0 bridgehead atoms. The summed E-state index contributed by atoms with van der Waals surface area (Å²) < 4.78 is 21.5. The number of hydrogen-bond donors (Lipinski definition) is 1. The Balaban J connectivity index is 1.43. The van der Waals surface area contributed by atoms with Crippen LogP contribution in [0.2, 0.25) is 5.02 Å². The molecule has 1 amide bonds. The van der Waals surface area contributed by atoms with Crippen LogP contribution in [0.3, 0.4) is 0 Å². The lowest BCUT2D eigenvalue weighted by molar-refractivity contribution is 0.0881. The first-order chi connectivity index (χ1) is 17.4. The van der Waals surface area contributed by atoms with E-state index in [1.165, 1.54) is 23.5 Å². The van der Waals surface area contributed by atoms with E-state index in [0.29, 0.717) is 15.8 Å². The summed E-state index contributed by atoms with van der Waals surface area (Å²) in [6, 6.07) is 18.8. The molecule has 6 nitrogen and oxygen atoms in total. The lowest BCUT2D eigenvalue weighted by atomic mass is 10.0. The van der Waals surface area contributed by atoms with Crippen LogP contribution in [-0.2, 0) is 0 Å². The molecule has 0 saturated heterocycles. The van der Waals surface area contributed by atoms with E-state index in [1.807, 2.05) is 50.2 Å². The van der Waals surface area contributed by atoms with Crippen molar-refractivity contribution in [1.82, 2.24) is 20.1 Å². The van der Waals surface area contributed by atoms with Crippen LogP contribution < -0.4 is 10.1 Å². The fraction of sp³-hybridized carbons (Fsp3) is 0.148. The van der Waals surface area contributed by atoms with E-state index in [4.69, 9.17) is 16.3 Å². The largest absolute Gasteiger partial charge is 0.484 e. The van der Waals surface area contributed by atoms with Crippen LogP contribution in [0.1, 0.15) is 33.3 Å². The van der Waals surface area contributed by atoms with E-state index in [0.717, 1.165) is 27.0 Å². The van der Waals surface area contributed by atoms with Crippen molar-refractivity contribution in [3.8, 4) is 11.4 Å². The number of fused-ring (bicyclic) bond motifs is 1. The van der Waals surface area contributed by atoms with Gasteiger partial charge in [-0.25, -0.2) is 14.1 Å². The highest BCUT2D eigenvalue weighted by Crippen LogP contribution is 2.30. The van der Waals surface area contributed by atoms with E-state index in [9.17, 15) is 9.18 Å². The van der Waals surface area contributed by atoms with Crippen LogP contribution in [0.5, 0.6) is 5.75 Å². The maximum absolute atomic E-state index is 13.3.